The molecule has 1 atom stereocenters. The minimum absolute atomic E-state index is 0.293. The summed E-state index contributed by atoms with van der Waals surface area (Å²) >= 11 is 1.57. The average Bonchev–Trinajstić information content (AvgIpc) is 2.83. The largest absolute Gasteiger partial charge is 0.387 e. The third-order valence-electron chi connectivity index (χ3n) is 2.38. The Morgan fingerprint density at radius 1 is 1.35 bits per heavy atom. The maximum Gasteiger partial charge on any atom is 0.123 e. The summed E-state index contributed by atoms with van der Waals surface area (Å²) < 4.78 is 12.7. The van der Waals surface area contributed by atoms with Crippen LogP contribution < -0.4 is 5.32 Å². The van der Waals surface area contributed by atoms with Gasteiger partial charge in [0.15, 0.2) is 0 Å². The van der Waals surface area contributed by atoms with Crippen molar-refractivity contribution >= 4 is 11.3 Å². The predicted molar refractivity (Wildman–Crippen MR) is 65.2 cm³/mol. The predicted octanol–water partition coefficient (Wildman–Crippen LogP) is 2.11. The second-order valence-electron chi connectivity index (χ2n) is 3.67. The van der Waals surface area contributed by atoms with Crippen LogP contribution >= 0.6 is 11.3 Å². The van der Waals surface area contributed by atoms with Crippen LogP contribution in [0.2, 0.25) is 0 Å². The fourth-order valence-corrected chi connectivity index (χ4v) is 2.03. The standard InChI is InChI=1S/C12H13FN2OS/c13-10-3-1-9(2-4-10)12(16)7-14-5-11-6-15-8-17-11/h1-4,6,8,12,14,16H,5,7H2. The molecule has 1 aromatic carbocycles. The molecular formula is C12H13FN2OS. The number of nitrogens with one attached hydrogen (secondary N) is 1. The van der Waals surface area contributed by atoms with E-state index in [1.165, 1.54) is 12.1 Å². The number of hydrogen-bond acceptors (Lipinski definition) is 4. The Bertz CT molecular complexity index is 444. The van der Waals surface area contributed by atoms with E-state index in [0.29, 0.717) is 18.7 Å². The fraction of sp³-hybridized carbons (Fsp3) is 0.250. The Hall–Kier alpha value is -1.30. The first-order valence-corrected chi connectivity index (χ1v) is 6.15. The van der Waals surface area contributed by atoms with E-state index in [-0.39, 0.29) is 5.82 Å². The zero-order valence-corrected chi connectivity index (χ0v) is 9.95. The summed E-state index contributed by atoms with van der Waals surface area (Å²) in [6.45, 7) is 1.12. The van der Waals surface area contributed by atoms with Gasteiger partial charge in [-0.3, -0.25) is 4.98 Å². The number of rotatable bonds is 5. The Morgan fingerprint density at radius 3 is 2.76 bits per heavy atom. The number of aliphatic hydroxyl groups excluding tert-OH is 1. The Kier molecular flexibility index (Phi) is 4.19. The zero-order valence-electron chi connectivity index (χ0n) is 9.14. The highest BCUT2D eigenvalue weighted by molar-refractivity contribution is 7.09. The van der Waals surface area contributed by atoms with Crippen molar-refractivity contribution in [3.63, 3.8) is 0 Å². The molecule has 0 fully saturated rings. The van der Waals surface area contributed by atoms with E-state index in [1.54, 1.807) is 35.2 Å². The second-order valence-corrected chi connectivity index (χ2v) is 4.64. The van der Waals surface area contributed by atoms with E-state index in [9.17, 15) is 9.50 Å². The monoisotopic (exact) mass is 252 g/mol. The van der Waals surface area contributed by atoms with Gasteiger partial charge in [0.05, 0.1) is 11.6 Å². The van der Waals surface area contributed by atoms with E-state index >= 15 is 0 Å². The first-order valence-electron chi connectivity index (χ1n) is 5.27. The first kappa shape index (κ1) is 12.2. The molecule has 2 N–H and O–H groups in total. The molecule has 0 aliphatic heterocycles. The smallest absolute Gasteiger partial charge is 0.123 e. The second kappa shape index (κ2) is 5.86. The van der Waals surface area contributed by atoms with Gasteiger partial charge in [-0.05, 0) is 17.7 Å². The molecule has 0 bridgehead atoms. The highest BCUT2D eigenvalue weighted by atomic mass is 32.1. The van der Waals surface area contributed by atoms with Crippen molar-refractivity contribution in [3.05, 3.63) is 52.2 Å². The first-order chi connectivity index (χ1) is 8.25. The van der Waals surface area contributed by atoms with Gasteiger partial charge in [0, 0.05) is 24.2 Å². The summed E-state index contributed by atoms with van der Waals surface area (Å²) in [5.41, 5.74) is 2.48. The van der Waals surface area contributed by atoms with Gasteiger partial charge in [-0.2, -0.15) is 0 Å². The molecule has 90 valence electrons. The van der Waals surface area contributed by atoms with Crippen molar-refractivity contribution in [2.45, 2.75) is 12.6 Å². The lowest BCUT2D eigenvalue weighted by molar-refractivity contribution is 0.174. The molecule has 0 spiro atoms. The van der Waals surface area contributed by atoms with Gasteiger partial charge in [0.1, 0.15) is 5.82 Å². The van der Waals surface area contributed by atoms with Crippen molar-refractivity contribution < 1.29 is 9.50 Å². The van der Waals surface area contributed by atoms with Crippen LogP contribution in [0.25, 0.3) is 0 Å². The van der Waals surface area contributed by atoms with Crippen LogP contribution in [-0.4, -0.2) is 16.6 Å². The lowest BCUT2D eigenvalue weighted by atomic mass is 10.1. The Balaban J connectivity index is 1.81. The lowest BCUT2D eigenvalue weighted by Crippen LogP contribution is -2.20. The van der Waals surface area contributed by atoms with Crippen molar-refractivity contribution in [2.24, 2.45) is 0 Å². The van der Waals surface area contributed by atoms with E-state index in [2.05, 4.69) is 10.3 Å². The molecule has 0 saturated heterocycles. The van der Waals surface area contributed by atoms with Crippen LogP contribution in [0, 0.1) is 5.82 Å². The number of benzene rings is 1. The molecule has 3 nitrogen and oxygen atoms in total. The SMILES string of the molecule is OC(CNCc1cncs1)c1ccc(F)cc1. The van der Waals surface area contributed by atoms with Gasteiger partial charge in [-0.1, -0.05) is 12.1 Å². The summed E-state index contributed by atoms with van der Waals surface area (Å²) in [5, 5.41) is 13.0. The van der Waals surface area contributed by atoms with Gasteiger partial charge in [-0.15, -0.1) is 11.3 Å². The van der Waals surface area contributed by atoms with Crippen molar-refractivity contribution in [1.82, 2.24) is 10.3 Å². The van der Waals surface area contributed by atoms with Crippen LogP contribution in [-0.2, 0) is 6.54 Å². The summed E-state index contributed by atoms with van der Waals surface area (Å²) in [4.78, 5) is 5.08. The Morgan fingerprint density at radius 2 is 2.12 bits per heavy atom. The van der Waals surface area contributed by atoms with Crippen molar-refractivity contribution in [2.75, 3.05) is 6.54 Å². The maximum atomic E-state index is 12.7. The molecule has 0 radical (unpaired) electrons. The third-order valence-corrected chi connectivity index (χ3v) is 3.15. The van der Waals surface area contributed by atoms with E-state index in [0.717, 1.165) is 4.88 Å². The normalized spacial score (nSPS) is 12.6. The van der Waals surface area contributed by atoms with E-state index in [4.69, 9.17) is 0 Å². The lowest BCUT2D eigenvalue weighted by Gasteiger charge is -2.11. The molecule has 1 aromatic heterocycles. The van der Waals surface area contributed by atoms with Gasteiger partial charge in [-0.25, -0.2) is 4.39 Å². The van der Waals surface area contributed by atoms with Gasteiger partial charge in [0.2, 0.25) is 0 Å². The topological polar surface area (TPSA) is 45.1 Å². The van der Waals surface area contributed by atoms with Gasteiger partial charge >= 0.3 is 0 Å². The fourth-order valence-electron chi connectivity index (χ4n) is 1.46. The summed E-state index contributed by atoms with van der Waals surface area (Å²) in [6, 6.07) is 5.88. The Labute approximate surface area is 103 Å². The molecule has 0 amide bonds. The highest BCUT2D eigenvalue weighted by Gasteiger charge is 2.06. The van der Waals surface area contributed by atoms with Crippen molar-refractivity contribution in [3.8, 4) is 0 Å². The number of nitrogens with zero attached hydrogens (tertiary/aromatic N) is 1. The molecule has 0 saturated carbocycles. The molecule has 2 aromatic rings. The van der Waals surface area contributed by atoms with Crippen molar-refractivity contribution in [1.29, 1.82) is 0 Å². The number of thiazole rings is 1. The molecule has 1 heterocycles. The molecule has 1 unspecified atom stereocenters. The molecule has 0 aliphatic rings. The molecule has 5 heteroatoms. The third kappa shape index (κ3) is 3.59. The summed E-state index contributed by atoms with van der Waals surface area (Å²) in [5.74, 6) is -0.293. The number of aromatic nitrogens is 1. The minimum Gasteiger partial charge on any atom is -0.387 e. The highest BCUT2D eigenvalue weighted by Crippen LogP contribution is 2.13. The maximum absolute atomic E-state index is 12.7. The summed E-state index contributed by atoms with van der Waals surface area (Å²) in [6.07, 6.45) is 1.17. The summed E-state index contributed by atoms with van der Waals surface area (Å²) in [7, 11) is 0. The minimum atomic E-state index is -0.622. The van der Waals surface area contributed by atoms with Gasteiger partial charge < -0.3 is 10.4 Å². The average molecular weight is 252 g/mol. The van der Waals surface area contributed by atoms with Crippen LogP contribution in [0.1, 0.15) is 16.5 Å². The molecule has 0 aliphatic carbocycles. The number of aliphatic hydroxyl groups is 1. The van der Waals surface area contributed by atoms with Crippen LogP contribution in [0.4, 0.5) is 4.39 Å². The molecule has 17 heavy (non-hydrogen) atoms. The molecular weight excluding hydrogens is 239 g/mol. The molecule has 2 rings (SSSR count). The van der Waals surface area contributed by atoms with E-state index in [1.807, 2.05) is 0 Å². The van der Waals surface area contributed by atoms with Gasteiger partial charge in [0.25, 0.3) is 0 Å². The number of hydrogen-bond donors (Lipinski definition) is 2. The van der Waals surface area contributed by atoms with Crippen LogP contribution in [0.5, 0.6) is 0 Å². The van der Waals surface area contributed by atoms with Crippen LogP contribution in [0.3, 0.4) is 0 Å². The van der Waals surface area contributed by atoms with E-state index < -0.39 is 6.10 Å². The quantitative estimate of drug-likeness (QED) is 0.856. The van der Waals surface area contributed by atoms with Crippen LogP contribution in [0.15, 0.2) is 36.0 Å². The zero-order chi connectivity index (χ0) is 12.1. The number of halogens is 1.